The Hall–Kier alpha value is -3.62. The van der Waals surface area contributed by atoms with Crippen molar-refractivity contribution in [2.24, 2.45) is 28.5 Å². The van der Waals surface area contributed by atoms with Crippen LogP contribution in [0.2, 0.25) is 0 Å². The van der Waals surface area contributed by atoms with E-state index in [1.807, 2.05) is 17.0 Å². The predicted molar refractivity (Wildman–Crippen MR) is 157 cm³/mol. The molecule has 1 saturated carbocycles. The number of amidine groups is 1. The van der Waals surface area contributed by atoms with E-state index in [2.05, 4.69) is 33.0 Å². The first kappa shape index (κ1) is 30.3. The summed E-state index contributed by atoms with van der Waals surface area (Å²) >= 11 is 0. The minimum atomic E-state index is -0.806. The number of carbonyl (C=O) groups excluding carboxylic acids is 2. The van der Waals surface area contributed by atoms with Gasteiger partial charge in [-0.15, -0.1) is 0 Å². The maximum Gasteiger partial charge on any atom is 0.275 e. The van der Waals surface area contributed by atoms with E-state index in [1.54, 1.807) is 12.1 Å². The normalized spacial score (nSPS) is 21.5. The number of benzene rings is 2. The first-order valence-corrected chi connectivity index (χ1v) is 14.5. The summed E-state index contributed by atoms with van der Waals surface area (Å²) in [7, 11) is 0. The minimum Gasteiger partial charge on any atom is -0.386 e. The van der Waals surface area contributed by atoms with Crippen molar-refractivity contribution < 1.29 is 18.4 Å². The highest BCUT2D eigenvalue weighted by atomic mass is 19.1. The average Bonchev–Trinajstić information content (AvgIpc) is 3.18. The van der Waals surface area contributed by atoms with Crippen LogP contribution in [0.3, 0.4) is 0 Å². The number of nitrogens with zero attached hydrogens (tertiary/aromatic N) is 2. The number of hydrogen-bond acceptors (Lipinski definition) is 4. The maximum atomic E-state index is 14.3. The van der Waals surface area contributed by atoms with Crippen molar-refractivity contribution in [1.29, 1.82) is 5.41 Å². The van der Waals surface area contributed by atoms with Gasteiger partial charge >= 0.3 is 0 Å². The summed E-state index contributed by atoms with van der Waals surface area (Å²) in [6, 6.07) is 9.93. The van der Waals surface area contributed by atoms with E-state index in [9.17, 15) is 18.4 Å². The topological polar surface area (TPSA) is 112 Å². The van der Waals surface area contributed by atoms with Crippen molar-refractivity contribution in [3.8, 4) is 0 Å². The molecule has 4 N–H and O–H groups in total. The number of carbonyl (C=O) groups is 2. The van der Waals surface area contributed by atoms with Crippen molar-refractivity contribution >= 4 is 23.4 Å². The maximum absolute atomic E-state index is 14.3. The van der Waals surface area contributed by atoms with Gasteiger partial charge in [0, 0.05) is 17.2 Å². The third kappa shape index (κ3) is 6.82. The van der Waals surface area contributed by atoms with Crippen LogP contribution in [0.4, 0.5) is 8.78 Å². The first-order valence-electron chi connectivity index (χ1n) is 14.5. The molecule has 7 nitrogen and oxygen atoms in total. The molecule has 1 unspecified atom stereocenters. The summed E-state index contributed by atoms with van der Waals surface area (Å²) in [5.74, 6) is -0.884. The largest absolute Gasteiger partial charge is 0.386 e. The van der Waals surface area contributed by atoms with Gasteiger partial charge in [0.05, 0.1) is 12.6 Å². The lowest BCUT2D eigenvalue weighted by molar-refractivity contribution is -0.133. The molecule has 0 saturated heterocycles. The zero-order chi connectivity index (χ0) is 29.9. The molecule has 2 aliphatic rings. The molecule has 1 fully saturated rings. The highest BCUT2D eigenvalue weighted by Crippen LogP contribution is 2.48. The second-order valence-corrected chi connectivity index (χ2v) is 12.2. The molecule has 41 heavy (non-hydrogen) atoms. The molecule has 1 heterocycles. The van der Waals surface area contributed by atoms with Gasteiger partial charge in [0.2, 0.25) is 0 Å². The fourth-order valence-corrected chi connectivity index (χ4v) is 6.12. The Balaban J connectivity index is 1.74. The fraction of sp³-hybridized carbons (Fsp3) is 0.500. The van der Waals surface area contributed by atoms with E-state index in [4.69, 9.17) is 16.1 Å². The molecule has 1 atom stereocenters. The predicted octanol–water partition coefficient (Wildman–Crippen LogP) is 5.98. The van der Waals surface area contributed by atoms with Gasteiger partial charge in [0.25, 0.3) is 11.8 Å². The standard InChI is InChI=1S/C32H41F2N5O2/c1-19(2)5-10-27(22-6-8-23(9-7-22)30(40)37-18-28(35)36)39-31(41)29(24-15-25(33)17-26(34)16-24)38-32(39)13-11-21(12-14-32)20(3)4/h6-9,15-17,19-21,27H,5,10-14,18H2,1-4H3,(H3,35,36)(H,37,40). The number of aliphatic imine (C=N–C) groups is 1. The van der Waals surface area contributed by atoms with Gasteiger partial charge < -0.3 is 16.0 Å². The Morgan fingerprint density at radius 2 is 1.68 bits per heavy atom. The van der Waals surface area contributed by atoms with Gasteiger partial charge in [-0.1, -0.05) is 39.8 Å². The summed E-state index contributed by atoms with van der Waals surface area (Å²) in [6.07, 6.45) is 4.68. The van der Waals surface area contributed by atoms with Gasteiger partial charge in [-0.25, -0.2) is 8.78 Å². The third-order valence-electron chi connectivity index (χ3n) is 8.43. The number of nitrogens with one attached hydrogen (secondary N) is 2. The van der Waals surface area contributed by atoms with E-state index < -0.39 is 17.3 Å². The number of amides is 2. The molecule has 1 aliphatic carbocycles. The first-order chi connectivity index (χ1) is 19.4. The highest BCUT2D eigenvalue weighted by Gasteiger charge is 2.52. The molecule has 2 amide bonds. The Labute approximate surface area is 241 Å². The molecule has 2 aromatic carbocycles. The summed E-state index contributed by atoms with van der Waals surface area (Å²) < 4.78 is 28.5. The molecule has 0 bridgehead atoms. The molecular formula is C32H41F2N5O2. The molecule has 220 valence electrons. The lowest BCUT2D eigenvalue weighted by Crippen LogP contribution is -2.51. The van der Waals surface area contributed by atoms with E-state index in [1.165, 1.54) is 12.1 Å². The fourth-order valence-electron chi connectivity index (χ4n) is 6.12. The Bertz CT molecular complexity index is 1290. The molecule has 2 aromatic rings. The SMILES string of the molecule is CC(C)CCC(c1ccc(C(=O)NCC(=N)N)cc1)N1C(=O)C(c2cc(F)cc(F)c2)=NC12CCC(C(C)C)CC2. The molecular weight excluding hydrogens is 524 g/mol. The Kier molecular flexibility index (Phi) is 9.24. The minimum absolute atomic E-state index is 0.0411. The van der Waals surface area contributed by atoms with Crippen molar-refractivity contribution in [2.45, 2.75) is 77.9 Å². The zero-order valence-corrected chi connectivity index (χ0v) is 24.3. The second kappa shape index (κ2) is 12.5. The number of hydrogen-bond donors (Lipinski definition) is 3. The molecule has 1 aliphatic heterocycles. The van der Waals surface area contributed by atoms with Crippen molar-refractivity contribution in [3.05, 3.63) is 70.8 Å². The monoisotopic (exact) mass is 565 g/mol. The van der Waals surface area contributed by atoms with Crippen LogP contribution in [0.25, 0.3) is 0 Å². The summed E-state index contributed by atoms with van der Waals surface area (Å²) in [6.45, 7) is 8.65. The lowest BCUT2D eigenvalue weighted by atomic mass is 9.75. The van der Waals surface area contributed by atoms with Crippen molar-refractivity contribution in [2.75, 3.05) is 6.54 Å². The van der Waals surface area contributed by atoms with Gasteiger partial charge in [-0.05, 0) is 86.1 Å². The van der Waals surface area contributed by atoms with Crippen molar-refractivity contribution in [1.82, 2.24) is 10.2 Å². The average molecular weight is 566 g/mol. The highest BCUT2D eigenvalue weighted by molar-refractivity contribution is 6.46. The van der Waals surface area contributed by atoms with Crippen LogP contribution < -0.4 is 11.1 Å². The molecule has 1 spiro atoms. The molecule has 0 aromatic heterocycles. The molecule has 4 rings (SSSR count). The van der Waals surface area contributed by atoms with Crippen LogP contribution in [0.5, 0.6) is 0 Å². The number of nitrogens with two attached hydrogens (primary N) is 1. The van der Waals surface area contributed by atoms with Gasteiger partial charge in [0.1, 0.15) is 28.8 Å². The number of rotatable bonds is 10. The summed E-state index contributed by atoms with van der Waals surface area (Å²) in [5, 5.41) is 9.95. The molecule has 0 radical (unpaired) electrons. The van der Waals surface area contributed by atoms with E-state index in [-0.39, 0.29) is 41.5 Å². The van der Waals surface area contributed by atoms with E-state index >= 15 is 0 Å². The van der Waals surface area contributed by atoms with Crippen LogP contribution in [0.15, 0.2) is 47.5 Å². The van der Waals surface area contributed by atoms with Crippen LogP contribution in [0.1, 0.15) is 93.7 Å². The van der Waals surface area contributed by atoms with Crippen LogP contribution in [0, 0.1) is 34.8 Å². The van der Waals surface area contributed by atoms with Gasteiger partial charge in [-0.3, -0.25) is 20.0 Å². The third-order valence-corrected chi connectivity index (χ3v) is 8.43. The van der Waals surface area contributed by atoms with Crippen LogP contribution >= 0.6 is 0 Å². The summed E-state index contributed by atoms with van der Waals surface area (Å²) in [5.41, 5.74) is 6.10. The van der Waals surface area contributed by atoms with Gasteiger partial charge in [-0.2, -0.15) is 0 Å². The second-order valence-electron chi connectivity index (χ2n) is 12.2. The zero-order valence-electron chi connectivity index (χ0n) is 24.3. The number of halogens is 2. The van der Waals surface area contributed by atoms with Crippen molar-refractivity contribution in [3.63, 3.8) is 0 Å². The van der Waals surface area contributed by atoms with Crippen LogP contribution in [-0.4, -0.2) is 40.5 Å². The van der Waals surface area contributed by atoms with E-state index in [0.29, 0.717) is 42.6 Å². The van der Waals surface area contributed by atoms with Crippen LogP contribution in [-0.2, 0) is 4.79 Å². The summed E-state index contributed by atoms with van der Waals surface area (Å²) in [4.78, 5) is 33.7. The smallest absolute Gasteiger partial charge is 0.275 e. The lowest BCUT2D eigenvalue weighted by Gasteiger charge is -2.46. The Morgan fingerprint density at radius 3 is 2.22 bits per heavy atom. The van der Waals surface area contributed by atoms with E-state index in [0.717, 1.165) is 30.9 Å². The quantitative estimate of drug-likeness (QED) is 0.243. The molecule has 9 heteroatoms. The Morgan fingerprint density at radius 1 is 1.07 bits per heavy atom. The van der Waals surface area contributed by atoms with Gasteiger partial charge in [0.15, 0.2) is 0 Å².